The predicted octanol–water partition coefficient (Wildman–Crippen LogP) is 4.68. The fourth-order valence-corrected chi connectivity index (χ4v) is 3.78. The van der Waals surface area contributed by atoms with Gasteiger partial charge in [-0.25, -0.2) is 0 Å². The highest BCUT2D eigenvalue weighted by atomic mass is 35.5. The minimum Gasteiger partial charge on any atom is -0.483 e. The van der Waals surface area contributed by atoms with Crippen molar-refractivity contribution < 1.29 is 9.53 Å². The number of nitrogens with zero attached hydrogens (tertiary/aromatic N) is 1. The van der Waals surface area contributed by atoms with E-state index in [2.05, 4.69) is 22.3 Å². The van der Waals surface area contributed by atoms with Crippen LogP contribution in [0.1, 0.15) is 42.0 Å². The third-order valence-corrected chi connectivity index (χ3v) is 5.74. The fourth-order valence-electron chi connectivity index (χ4n) is 3.66. The SMILES string of the molecule is Cc1cccc(OCC(=O)NC[C@H](c2ccc(Cl)cc2)N2CCCCC2)c1C. The van der Waals surface area contributed by atoms with Gasteiger partial charge in [0.15, 0.2) is 6.61 Å². The summed E-state index contributed by atoms with van der Waals surface area (Å²) < 4.78 is 5.74. The summed E-state index contributed by atoms with van der Waals surface area (Å²) in [6.07, 6.45) is 3.68. The Kier molecular flexibility index (Phi) is 7.35. The maximum absolute atomic E-state index is 12.4. The first kappa shape index (κ1) is 20.7. The van der Waals surface area contributed by atoms with E-state index in [0.717, 1.165) is 35.0 Å². The van der Waals surface area contributed by atoms with Gasteiger partial charge in [0.1, 0.15) is 5.75 Å². The second-order valence-corrected chi connectivity index (χ2v) is 7.89. The summed E-state index contributed by atoms with van der Waals surface area (Å²) in [5.41, 5.74) is 3.41. The molecular formula is C23H29ClN2O2. The third kappa shape index (κ3) is 5.49. The number of nitrogens with one attached hydrogen (secondary N) is 1. The van der Waals surface area contributed by atoms with Crippen molar-refractivity contribution in [2.24, 2.45) is 0 Å². The molecule has 0 spiro atoms. The van der Waals surface area contributed by atoms with E-state index in [1.54, 1.807) is 0 Å². The van der Waals surface area contributed by atoms with Gasteiger partial charge < -0.3 is 10.1 Å². The maximum Gasteiger partial charge on any atom is 0.258 e. The van der Waals surface area contributed by atoms with E-state index in [9.17, 15) is 4.79 Å². The van der Waals surface area contributed by atoms with Crippen molar-refractivity contribution in [1.29, 1.82) is 0 Å². The van der Waals surface area contributed by atoms with Crippen LogP contribution in [-0.2, 0) is 4.79 Å². The van der Waals surface area contributed by atoms with Crippen LogP contribution in [0.15, 0.2) is 42.5 Å². The number of halogens is 1. The lowest BCUT2D eigenvalue weighted by molar-refractivity contribution is -0.123. The van der Waals surface area contributed by atoms with E-state index in [1.807, 2.05) is 44.2 Å². The molecule has 0 aliphatic carbocycles. The molecule has 0 radical (unpaired) electrons. The first-order valence-electron chi connectivity index (χ1n) is 10.00. The number of hydrogen-bond acceptors (Lipinski definition) is 3. The molecule has 3 rings (SSSR count). The highest BCUT2D eigenvalue weighted by Gasteiger charge is 2.23. The highest BCUT2D eigenvalue weighted by Crippen LogP contribution is 2.25. The van der Waals surface area contributed by atoms with Crippen molar-refractivity contribution in [3.8, 4) is 5.75 Å². The smallest absolute Gasteiger partial charge is 0.258 e. The number of benzene rings is 2. The van der Waals surface area contributed by atoms with E-state index in [-0.39, 0.29) is 18.6 Å². The molecule has 28 heavy (non-hydrogen) atoms. The molecule has 0 saturated carbocycles. The highest BCUT2D eigenvalue weighted by molar-refractivity contribution is 6.30. The van der Waals surface area contributed by atoms with Gasteiger partial charge >= 0.3 is 0 Å². The lowest BCUT2D eigenvalue weighted by Crippen LogP contribution is -2.41. The van der Waals surface area contributed by atoms with Crippen LogP contribution in [0.3, 0.4) is 0 Å². The van der Waals surface area contributed by atoms with Crippen LogP contribution in [0, 0.1) is 13.8 Å². The van der Waals surface area contributed by atoms with E-state index >= 15 is 0 Å². The number of aryl methyl sites for hydroxylation is 1. The number of carbonyl (C=O) groups is 1. The molecule has 0 bridgehead atoms. The zero-order valence-electron chi connectivity index (χ0n) is 16.7. The van der Waals surface area contributed by atoms with Crippen LogP contribution >= 0.6 is 11.6 Å². The van der Waals surface area contributed by atoms with Crippen molar-refractivity contribution in [2.75, 3.05) is 26.2 Å². The predicted molar refractivity (Wildman–Crippen MR) is 114 cm³/mol. The molecule has 5 heteroatoms. The van der Waals surface area contributed by atoms with Gasteiger partial charge in [0.25, 0.3) is 5.91 Å². The summed E-state index contributed by atoms with van der Waals surface area (Å²) in [5.74, 6) is 0.664. The Morgan fingerprint density at radius 2 is 1.82 bits per heavy atom. The molecule has 1 saturated heterocycles. The molecule has 1 atom stereocenters. The van der Waals surface area contributed by atoms with Crippen LogP contribution in [-0.4, -0.2) is 37.0 Å². The molecule has 0 aromatic heterocycles. The van der Waals surface area contributed by atoms with Crippen molar-refractivity contribution in [3.63, 3.8) is 0 Å². The first-order chi connectivity index (χ1) is 13.5. The van der Waals surface area contributed by atoms with Gasteiger partial charge in [-0.2, -0.15) is 0 Å². The molecule has 1 fully saturated rings. The average Bonchev–Trinajstić information content (AvgIpc) is 2.71. The van der Waals surface area contributed by atoms with Gasteiger partial charge in [-0.1, -0.05) is 42.3 Å². The molecule has 2 aromatic carbocycles. The Bertz CT molecular complexity index is 786. The molecule has 0 unspecified atom stereocenters. The second-order valence-electron chi connectivity index (χ2n) is 7.45. The minimum absolute atomic E-state index is 0.0254. The monoisotopic (exact) mass is 400 g/mol. The molecule has 4 nitrogen and oxygen atoms in total. The fraction of sp³-hybridized carbons (Fsp3) is 0.435. The molecule has 1 aliphatic rings. The number of piperidine rings is 1. The number of carbonyl (C=O) groups excluding carboxylic acids is 1. The van der Waals surface area contributed by atoms with Crippen LogP contribution in [0.25, 0.3) is 0 Å². The normalized spacial score (nSPS) is 15.8. The summed E-state index contributed by atoms with van der Waals surface area (Å²) in [4.78, 5) is 14.9. The molecule has 1 aliphatic heterocycles. The number of ether oxygens (including phenoxy) is 1. The quantitative estimate of drug-likeness (QED) is 0.733. The summed E-state index contributed by atoms with van der Waals surface area (Å²) in [6, 6.07) is 14.0. The number of rotatable bonds is 7. The van der Waals surface area contributed by atoms with E-state index in [4.69, 9.17) is 16.3 Å². The Hall–Kier alpha value is -2.04. The zero-order valence-corrected chi connectivity index (χ0v) is 17.5. The number of likely N-dealkylation sites (tertiary alicyclic amines) is 1. The van der Waals surface area contributed by atoms with E-state index < -0.39 is 0 Å². The largest absolute Gasteiger partial charge is 0.483 e. The lowest BCUT2D eigenvalue weighted by Gasteiger charge is -2.35. The summed E-state index contributed by atoms with van der Waals surface area (Å²) >= 11 is 6.05. The van der Waals surface area contributed by atoms with Crippen LogP contribution in [0.2, 0.25) is 5.02 Å². The minimum atomic E-state index is -0.100. The van der Waals surface area contributed by atoms with Crippen molar-refractivity contribution in [2.45, 2.75) is 39.2 Å². The second kappa shape index (κ2) is 9.94. The summed E-state index contributed by atoms with van der Waals surface area (Å²) in [6.45, 7) is 6.76. The van der Waals surface area contributed by atoms with Crippen molar-refractivity contribution >= 4 is 17.5 Å². The average molecular weight is 401 g/mol. The van der Waals surface area contributed by atoms with Crippen LogP contribution in [0.5, 0.6) is 5.75 Å². The van der Waals surface area contributed by atoms with Gasteiger partial charge in [0.2, 0.25) is 0 Å². The zero-order chi connectivity index (χ0) is 19.9. The van der Waals surface area contributed by atoms with E-state index in [1.165, 1.54) is 24.8 Å². The number of amides is 1. The Balaban J connectivity index is 1.60. The van der Waals surface area contributed by atoms with Gasteiger partial charge in [0, 0.05) is 11.6 Å². The Morgan fingerprint density at radius 3 is 2.54 bits per heavy atom. The molecule has 150 valence electrons. The van der Waals surface area contributed by atoms with Gasteiger partial charge in [-0.15, -0.1) is 0 Å². The van der Waals surface area contributed by atoms with Crippen molar-refractivity contribution in [1.82, 2.24) is 10.2 Å². The molecule has 1 N–H and O–H groups in total. The lowest BCUT2D eigenvalue weighted by atomic mass is 10.0. The molecule has 1 amide bonds. The molecule has 1 heterocycles. The Morgan fingerprint density at radius 1 is 1.11 bits per heavy atom. The molecule has 2 aromatic rings. The standard InChI is InChI=1S/C23H29ClN2O2/c1-17-7-6-8-22(18(17)2)28-16-23(27)25-15-21(26-13-4-3-5-14-26)19-9-11-20(24)12-10-19/h6-12,21H,3-5,13-16H2,1-2H3,(H,25,27)/t21-/m1/s1. The summed E-state index contributed by atoms with van der Waals surface area (Å²) in [7, 11) is 0. The third-order valence-electron chi connectivity index (χ3n) is 5.49. The summed E-state index contributed by atoms with van der Waals surface area (Å²) in [5, 5.41) is 3.79. The van der Waals surface area contributed by atoms with Gasteiger partial charge in [0.05, 0.1) is 6.04 Å². The Labute approximate surface area is 172 Å². The number of hydrogen-bond donors (Lipinski definition) is 1. The molecular weight excluding hydrogens is 372 g/mol. The topological polar surface area (TPSA) is 41.6 Å². The van der Waals surface area contributed by atoms with Crippen LogP contribution in [0.4, 0.5) is 0 Å². The van der Waals surface area contributed by atoms with Gasteiger partial charge in [-0.05, 0) is 74.7 Å². The first-order valence-corrected chi connectivity index (χ1v) is 10.4. The van der Waals surface area contributed by atoms with Gasteiger partial charge in [-0.3, -0.25) is 9.69 Å². The van der Waals surface area contributed by atoms with Crippen molar-refractivity contribution in [3.05, 3.63) is 64.2 Å². The van der Waals surface area contributed by atoms with Crippen LogP contribution < -0.4 is 10.1 Å². The van der Waals surface area contributed by atoms with E-state index in [0.29, 0.717) is 6.54 Å². The maximum atomic E-state index is 12.4.